The van der Waals surface area contributed by atoms with E-state index >= 15 is 0 Å². The maximum atomic E-state index is 12.3. The van der Waals surface area contributed by atoms with Crippen LogP contribution in [0.3, 0.4) is 0 Å². The lowest BCUT2D eigenvalue weighted by atomic mass is 10.3. The molecule has 1 aromatic heterocycles. The highest BCUT2D eigenvalue weighted by atomic mass is 32.2. The predicted octanol–water partition coefficient (Wildman–Crippen LogP) is 2.95. The summed E-state index contributed by atoms with van der Waals surface area (Å²) < 4.78 is 5.86. The molecular weight excluding hydrogens is 322 g/mol. The average Bonchev–Trinajstić information content (AvgIpc) is 3.04. The van der Waals surface area contributed by atoms with E-state index in [-0.39, 0.29) is 12.0 Å². The maximum Gasteiger partial charge on any atom is 0.223 e. The number of ether oxygens (including phenoxy) is 1. The van der Waals surface area contributed by atoms with E-state index in [1.165, 1.54) is 4.90 Å². The first-order chi connectivity index (χ1) is 11.7. The Labute approximate surface area is 146 Å². The molecule has 2 aromatic rings. The van der Waals surface area contributed by atoms with Crippen molar-refractivity contribution in [2.45, 2.75) is 30.8 Å². The third kappa shape index (κ3) is 4.71. The zero-order valence-electron chi connectivity index (χ0n) is 13.7. The third-order valence-electron chi connectivity index (χ3n) is 3.86. The van der Waals surface area contributed by atoms with Crippen LogP contribution in [0.2, 0.25) is 0 Å². The van der Waals surface area contributed by atoms with Gasteiger partial charge in [0.25, 0.3) is 0 Å². The van der Waals surface area contributed by atoms with Crippen LogP contribution in [0.25, 0.3) is 0 Å². The van der Waals surface area contributed by atoms with Gasteiger partial charge in [0.15, 0.2) is 0 Å². The predicted molar refractivity (Wildman–Crippen MR) is 94.2 cm³/mol. The van der Waals surface area contributed by atoms with Crippen LogP contribution >= 0.6 is 11.8 Å². The molecule has 3 rings (SSSR count). The minimum Gasteiger partial charge on any atom is -0.472 e. The Morgan fingerprint density at radius 1 is 1.33 bits per heavy atom. The number of aromatic nitrogens is 2. The number of carbonyl (C=O) groups is 1. The van der Waals surface area contributed by atoms with Gasteiger partial charge < -0.3 is 9.64 Å². The molecule has 1 aromatic carbocycles. The van der Waals surface area contributed by atoms with Crippen LogP contribution in [0.4, 0.5) is 0 Å². The number of aryl methyl sites for hydroxylation is 1. The van der Waals surface area contributed by atoms with Crippen molar-refractivity contribution in [2.75, 3.05) is 18.8 Å². The zero-order chi connectivity index (χ0) is 16.8. The summed E-state index contributed by atoms with van der Waals surface area (Å²) >= 11 is 1.72. The van der Waals surface area contributed by atoms with Crippen molar-refractivity contribution in [1.29, 1.82) is 0 Å². The number of rotatable bonds is 6. The molecule has 1 fully saturated rings. The molecule has 0 spiro atoms. The Morgan fingerprint density at radius 2 is 2.17 bits per heavy atom. The fraction of sp³-hybridized carbons (Fsp3) is 0.389. The van der Waals surface area contributed by atoms with Crippen molar-refractivity contribution in [1.82, 2.24) is 14.9 Å². The molecule has 1 unspecified atom stereocenters. The Balaban J connectivity index is 1.42. The van der Waals surface area contributed by atoms with Gasteiger partial charge in [-0.2, -0.15) is 4.98 Å². The lowest BCUT2D eigenvalue weighted by Crippen LogP contribution is -2.31. The number of likely N-dealkylation sites (tertiary alicyclic amines) is 1. The van der Waals surface area contributed by atoms with Gasteiger partial charge >= 0.3 is 0 Å². The van der Waals surface area contributed by atoms with Gasteiger partial charge in [-0.15, -0.1) is 11.8 Å². The molecule has 0 N–H and O–H groups in total. The molecule has 24 heavy (non-hydrogen) atoms. The van der Waals surface area contributed by atoms with Gasteiger partial charge in [-0.25, -0.2) is 4.98 Å². The summed E-state index contributed by atoms with van der Waals surface area (Å²) in [5.41, 5.74) is 0. The van der Waals surface area contributed by atoms with Crippen molar-refractivity contribution in [2.24, 2.45) is 0 Å². The molecule has 1 aliphatic rings. The molecule has 1 amide bonds. The molecule has 0 aliphatic carbocycles. The van der Waals surface area contributed by atoms with Crippen LogP contribution in [0.1, 0.15) is 18.7 Å². The highest BCUT2D eigenvalue weighted by molar-refractivity contribution is 7.99. The highest BCUT2D eigenvalue weighted by Crippen LogP contribution is 2.20. The first-order valence-corrected chi connectivity index (χ1v) is 9.11. The van der Waals surface area contributed by atoms with Gasteiger partial charge in [0.2, 0.25) is 11.8 Å². The minimum atomic E-state index is 0.0185. The minimum absolute atomic E-state index is 0.0185. The van der Waals surface area contributed by atoms with Gasteiger partial charge in [0, 0.05) is 42.3 Å². The smallest absolute Gasteiger partial charge is 0.223 e. The van der Waals surface area contributed by atoms with Crippen LogP contribution in [0.15, 0.2) is 47.5 Å². The van der Waals surface area contributed by atoms with Gasteiger partial charge in [0.05, 0.1) is 6.54 Å². The fourth-order valence-electron chi connectivity index (χ4n) is 2.65. The number of amides is 1. The monoisotopic (exact) mass is 343 g/mol. The molecular formula is C18H21N3O2S. The largest absolute Gasteiger partial charge is 0.472 e. The van der Waals surface area contributed by atoms with Crippen molar-refractivity contribution in [3.8, 4) is 5.88 Å². The fourth-order valence-corrected chi connectivity index (χ4v) is 3.51. The lowest BCUT2D eigenvalue weighted by Gasteiger charge is -2.17. The normalized spacial score (nSPS) is 17.0. The van der Waals surface area contributed by atoms with Gasteiger partial charge in [0.1, 0.15) is 11.9 Å². The molecule has 0 bridgehead atoms. The molecule has 0 radical (unpaired) electrons. The first-order valence-electron chi connectivity index (χ1n) is 8.12. The topological polar surface area (TPSA) is 55.3 Å². The number of benzene rings is 1. The van der Waals surface area contributed by atoms with E-state index in [4.69, 9.17) is 4.74 Å². The molecule has 5 nitrogen and oxygen atoms in total. The molecule has 0 saturated carbocycles. The van der Waals surface area contributed by atoms with E-state index < -0.39 is 0 Å². The van der Waals surface area contributed by atoms with Gasteiger partial charge in [-0.3, -0.25) is 4.79 Å². The van der Waals surface area contributed by atoms with E-state index in [0.29, 0.717) is 24.7 Å². The second kappa shape index (κ2) is 8.15. The van der Waals surface area contributed by atoms with E-state index in [1.54, 1.807) is 24.0 Å². The van der Waals surface area contributed by atoms with E-state index in [0.717, 1.165) is 18.7 Å². The van der Waals surface area contributed by atoms with Crippen molar-refractivity contribution < 1.29 is 9.53 Å². The van der Waals surface area contributed by atoms with E-state index in [1.807, 2.05) is 30.0 Å². The van der Waals surface area contributed by atoms with Crippen LogP contribution in [-0.4, -0.2) is 45.7 Å². The number of thioether (sulfide) groups is 1. The quantitative estimate of drug-likeness (QED) is 0.755. The Hall–Kier alpha value is -2.08. The molecule has 2 heterocycles. The van der Waals surface area contributed by atoms with Crippen molar-refractivity contribution >= 4 is 17.7 Å². The molecule has 6 heteroatoms. The molecule has 1 saturated heterocycles. The summed E-state index contributed by atoms with van der Waals surface area (Å²) in [6.07, 6.45) is 3.11. The number of hydrogen-bond acceptors (Lipinski definition) is 5. The highest BCUT2D eigenvalue weighted by Gasteiger charge is 2.27. The number of hydrogen-bond donors (Lipinski definition) is 0. The number of carbonyl (C=O) groups excluding carboxylic acids is 1. The maximum absolute atomic E-state index is 12.3. The summed E-state index contributed by atoms with van der Waals surface area (Å²) in [6.45, 7) is 3.23. The second-order valence-electron chi connectivity index (χ2n) is 5.72. The SMILES string of the molecule is Cc1nccc(OC2CCN(C(=O)CCSc3ccccc3)C2)n1. The third-order valence-corrected chi connectivity index (χ3v) is 4.88. The summed E-state index contributed by atoms with van der Waals surface area (Å²) in [5, 5.41) is 0. The summed E-state index contributed by atoms with van der Waals surface area (Å²) in [6, 6.07) is 11.9. The van der Waals surface area contributed by atoms with Crippen LogP contribution in [0.5, 0.6) is 5.88 Å². The molecule has 126 valence electrons. The Bertz CT molecular complexity index is 681. The van der Waals surface area contributed by atoms with Crippen molar-refractivity contribution in [3.63, 3.8) is 0 Å². The van der Waals surface area contributed by atoms with Crippen LogP contribution in [-0.2, 0) is 4.79 Å². The summed E-state index contributed by atoms with van der Waals surface area (Å²) in [4.78, 5) is 23.7. The van der Waals surface area contributed by atoms with E-state index in [9.17, 15) is 4.79 Å². The van der Waals surface area contributed by atoms with Crippen molar-refractivity contribution in [3.05, 3.63) is 48.4 Å². The lowest BCUT2D eigenvalue weighted by molar-refractivity contribution is -0.129. The summed E-state index contributed by atoms with van der Waals surface area (Å²) in [5.74, 6) is 2.27. The standard InChI is InChI=1S/C18H21N3O2S/c1-14-19-10-7-17(20-14)23-15-8-11-21(13-15)18(22)9-12-24-16-5-3-2-4-6-16/h2-7,10,15H,8-9,11-13H2,1H3. The van der Waals surface area contributed by atoms with E-state index in [2.05, 4.69) is 22.1 Å². The summed E-state index contributed by atoms with van der Waals surface area (Å²) in [7, 11) is 0. The average molecular weight is 343 g/mol. The first kappa shape index (κ1) is 16.8. The Morgan fingerprint density at radius 3 is 2.96 bits per heavy atom. The van der Waals surface area contributed by atoms with Crippen LogP contribution in [0, 0.1) is 6.92 Å². The zero-order valence-corrected chi connectivity index (χ0v) is 14.5. The van der Waals surface area contributed by atoms with Crippen LogP contribution < -0.4 is 4.74 Å². The molecule has 1 atom stereocenters. The van der Waals surface area contributed by atoms with Gasteiger partial charge in [-0.1, -0.05) is 18.2 Å². The Kier molecular flexibility index (Phi) is 5.69. The van der Waals surface area contributed by atoms with Gasteiger partial charge in [-0.05, 0) is 19.1 Å². The second-order valence-corrected chi connectivity index (χ2v) is 6.89. The number of nitrogens with zero attached hydrogens (tertiary/aromatic N) is 3. The molecule has 1 aliphatic heterocycles.